The molecule has 7 heteroatoms. The summed E-state index contributed by atoms with van der Waals surface area (Å²) in [4.78, 5) is 27.4. The fourth-order valence-corrected chi connectivity index (χ4v) is 3.95. The van der Waals surface area contributed by atoms with Crippen molar-refractivity contribution in [2.45, 2.75) is 13.0 Å². The maximum Gasteiger partial charge on any atom is 0.260 e. The van der Waals surface area contributed by atoms with Crippen molar-refractivity contribution >= 4 is 11.8 Å². The first-order valence-corrected chi connectivity index (χ1v) is 11.6. The van der Waals surface area contributed by atoms with Crippen molar-refractivity contribution in [3.8, 4) is 11.5 Å². The number of nitrogens with zero attached hydrogens (tertiary/aromatic N) is 1. The van der Waals surface area contributed by atoms with E-state index < -0.39 is 0 Å². The third kappa shape index (κ3) is 6.19. The molecule has 35 heavy (non-hydrogen) atoms. The maximum atomic E-state index is 13.2. The van der Waals surface area contributed by atoms with Gasteiger partial charge in [-0.2, -0.15) is 0 Å². The minimum Gasteiger partial charge on any atom is -0.493 e. The lowest BCUT2D eigenvalue weighted by atomic mass is 9.97. The number of morpholine rings is 1. The quantitative estimate of drug-likeness (QED) is 0.538. The van der Waals surface area contributed by atoms with Crippen LogP contribution in [0.2, 0.25) is 0 Å². The number of benzene rings is 3. The fourth-order valence-electron chi connectivity index (χ4n) is 3.95. The first-order valence-electron chi connectivity index (χ1n) is 11.6. The van der Waals surface area contributed by atoms with Gasteiger partial charge in [0, 0.05) is 18.7 Å². The zero-order chi connectivity index (χ0) is 24.6. The minimum atomic E-state index is -0.308. The highest BCUT2D eigenvalue weighted by molar-refractivity contribution is 5.95. The van der Waals surface area contributed by atoms with Crippen LogP contribution in [-0.4, -0.2) is 56.7 Å². The van der Waals surface area contributed by atoms with E-state index in [4.69, 9.17) is 14.2 Å². The molecule has 1 N–H and O–H groups in total. The van der Waals surface area contributed by atoms with Crippen LogP contribution in [0.5, 0.6) is 11.5 Å². The van der Waals surface area contributed by atoms with Crippen LogP contribution in [-0.2, 0) is 9.53 Å². The first-order chi connectivity index (χ1) is 17.0. The van der Waals surface area contributed by atoms with Crippen molar-refractivity contribution < 1.29 is 23.8 Å². The maximum absolute atomic E-state index is 13.2. The van der Waals surface area contributed by atoms with Gasteiger partial charge in [-0.15, -0.1) is 0 Å². The lowest BCUT2D eigenvalue weighted by Crippen LogP contribution is -2.43. The van der Waals surface area contributed by atoms with Crippen molar-refractivity contribution in [2.75, 3.05) is 40.0 Å². The summed E-state index contributed by atoms with van der Waals surface area (Å²) in [5, 5.41) is 3.14. The predicted molar refractivity (Wildman–Crippen MR) is 133 cm³/mol. The number of methoxy groups -OCH3 is 1. The molecule has 0 saturated carbocycles. The average molecular weight is 475 g/mol. The molecule has 182 valence electrons. The highest BCUT2D eigenvalue weighted by Crippen LogP contribution is 2.29. The van der Waals surface area contributed by atoms with E-state index in [1.54, 1.807) is 23.1 Å². The molecule has 3 aromatic carbocycles. The lowest BCUT2D eigenvalue weighted by Gasteiger charge is -2.26. The van der Waals surface area contributed by atoms with Gasteiger partial charge in [-0.25, -0.2) is 0 Å². The van der Waals surface area contributed by atoms with Crippen LogP contribution >= 0.6 is 0 Å². The van der Waals surface area contributed by atoms with E-state index in [1.165, 1.54) is 7.11 Å². The SMILES string of the molecule is COc1cc(C(=O)N[C@@H](c2ccccc2)c2ccc(C)cc2)ccc1OCC(=O)N1CCOCC1. The number of ether oxygens (including phenoxy) is 3. The standard InChI is InChI=1S/C28H30N2O5/c1-20-8-10-22(11-9-20)27(21-6-4-3-5-7-21)29-28(32)23-12-13-24(25(18-23)33-2)35-19-26(31)30-14-16-34-17-15-30/h3-13,18,27H,14-17,19H2,1-2H3,(H,29,32)/t27-/m0/s1. The molecule has 0 unspecified atom stereocenters. The minimum absolute atomic E-state index is 0.106. The second-order valence-electron chi connectivity index (χ2n) is 8.38. The Kier molecular flexibility index (Phi) is 8.00. The van der Waals surface area contributed by atoms with Gasteiger partial charge in [0.15, 0.2) is 18.1 Å². The zero-order valence-corrected chi connectivity index (χ0v) is 20.0. The topological polar surface area (TPSA) is 77.1 Å². The van der Waals surface area contributed by atoms with Gasteiger partial charge in [0.2, 0.25) is 0 Å². The number of nitrogens with one attached hydrogen (secondary N) is 1. The Morgan fingerprint density at radius 2 is 1.63 bits per heavy atom. The molecule has 2 amide bonds. The summed E-state index contributed by atoms with van der Waals surface area (Å²) in [5.41, 5.74) is 3.56. The Hall–Kier alpha value is -3.84. The lowest BCUT2D eigenvalue weighted by molar-refractivity contribution is -0.137. The van der Waals surface area contributed by atoms with Gasteiger partial charge in [0.25, 0.3) is 11.8 Å². The Morgan fingerprint density at radius 3 is 2.31 bits per heavy atom. The van der Waals surface area contributed by atoms with Crippen LogP contribution in [0, 0.1) is 6.92 Å². The van der Waals surface area contributed by atoms with Crippen LogP contribution in [0.4, 0.5) is 0 Å². The Labute approximate surface area is 205 Å². The van der Waals surface area contributed by atoms with Crippen LogP contribution in [0.1, 0.15) is 33.1 Å². The largest absolute Gasteiger partial charge is 0.493 e. The molecule has 1 aliphatic rings. The summed E-state index contributed by atoms with van der Waals surface area (Å²) >= 11 is 0. The Bertz CT molecular complexity index is 1140. The van der Waals surface area contributed by atoms with E-state index in [2.05, 4.69) is 5.32 Å². The molecule has 1 saturated heterocycles. The third-order valence-corrected chi connectivity index (χ3v) is 5.96. The van der Waals surface area contributed by atoms with E-state index in [-0.39, 0.29) is 24.5 Å². The molecule has 4 rings (SSSR count). The van der Waals surface area contributed by atoms with Gasteiger partial charge in [-0.1, -0.05) is 60.2 Å². The number of aryl methyl sites for hydroxylation is 1. The molecule has 7 nitrogen and oxygen atoms in total. The fraction of sp³-hybridized carbons (Fsp3) is 0.286. The molecule has 0 aromatic heterocycles. The number of carbonyl (C=O) groups is 2. The summed E-state index contributed by atoms with van der Waals surface area (Å²) in [6.45, 7) is 4.11. The smallest absolute Gasteiger partial charge is 0.260 e. The Morgan fingerprint density at radius 1 is 0.943 bits per heavy atom. The van der Waals surface area contributed by atoms with E-state index in [0.29, 0.717) is 43.4 Å². The van der Waals surface area contributed by atoms with Gasteiger partial charge >= 0.3 is 0 Å². The molecule has 1 fully saturated rings. The molecule has 0 radical (unpaired) electrons. The molecule has 1 aliphatic heterocycles. The van der Waals surface area contributed by atoms with Crippen molar-refractivity contribution in [3.63, 3.8) is 0 Å². The van der Waals surface area contributed by atoms with E-state index in [1.807, 2.05) is 61.5 Å². The van der Waals surface area contributed by atoms with E-state index in [9.17, 15) is 9.59 Å². The molecule has 3 aromatic rings. The van der Waals surface area contributed by atoms with Crippen LogP contribution in [0.3, 0.4) is 0 Å². The molecule has 0 bridgehead atoms. The van der Waals surface area contributed by atoms with Crippen LogP contribution < -0.4 is 14.8 Å². The molecule has 1 atom stereocenters. The molecular weight excluding hydrogens is 444 g/mol. The van der Waals surface area contributed by atoms with Crippen molar-refractivity contribution in [3.05, 3.63) is 95.1 Å². The second kappa shape index (κ2) is 11.5. The van der Waals surface area contributed by atoms with Gasteiger partial charge in [0.05, 0.1) is 26.4 Å². The zero-order valence-electron chi connectivity index (χ0n) is 20.0. The number of hydrogen-bond donors (Lipinski definition) is 1. The monoisotopic (exact) mass is 474 g/mol. The van der Waals surface area contributed by atoms with Gasteiger partial charge in [0.1, 0.15) is 0 Å². The molecule has 0 aliphatic carbocycles. The van der Waals surface area contributed by atoms with Crippen molar-refractivity contribution in [1.29, 1.82) is 0 Å². The normalized spacial score (nSPS) is 14.2. The molecular formula is C28H30N2O5. The van der Waals surface area contributed by atoms with Crippen molar-refractivity contribution in [1.82, 2.24) is 10.2 Å². The average Bonchev–Trinajstić information content (AvgIpc) is 2.91. The van der Waals surface area contributed by atoms with E-state index >= 15 is 0 Å². The second-order valence-corrected chi connectivity index (χ2v) is 8.38. The van der Waals surface area contributed by atoms with Gasteiger partial charge < -0.3 is 24.4 Å². The summed E-state index contributed by atoms with van der Waals surface area (Å²) in [7, 11) is 1.51. The molecule has 1 heterocycles. The highest BCUT2D eigenvalue weighted by atomic mass is 16.5. The number of hydrogen-bond acceptors (Lipinski definition) is 5. The highest BCUT2D eigenvalue weighted by Gasteiger charge is 2.21. The summed E-state index contributed by atoms with van der Waals surface area (Å²) in [5.74, 6) is 0.442. The summed E-state index contributed by atoms with van der Waals surface area (Å²) < 4.78 is 16.5. The summed E-state index contributed by atoms with van der Waals surface area (Å²) in [6.07, 6.45) is 0. The number of rotatable bonds is 8. The molecule has 0 spiro atoms. The van der Waals surface area contributed by atoms with Crippen LogP contribution in [0.25, 0.3) is 0 Å². The Balaban J connectivity index is 1.48. The third-order valence-electron chi connectivity index (χ3n) is 5.96. The number of carbonyl (C=O) groups excluding carboxylic acids is 2. The van der Waals surface area contributed by atoms with Crippen molar-refractivity contribution in [2.24, 2.45) is 0 Å². The first kappa shape index (κ1) is 24.3. The predicted octanol–water partition coefficient (Wildman–Crippen LogP) is 3.76. The summed E-state index contributed by atoms with van der Waals surface area (Å²) in [6, 6.07) is 22.6. The number of amides is 2. The van der Waals surface area contributed by atoms with Crippen LogP contribution in [0.15, 0.2) is 72.8 Å². The van der Waals surface area contributed by atoms with Gasteiger partial charge in [-0.05, 0) is 36.2 Å². The van der Waals surface area contributed by atoms with E-state index in [0.717, 1.165) is 16.7 Å². The van der Waals surface area contributed by atoms with Gasteiger partial charge in [-0.3, -0.25) is 9.59 Å².